The number of amides is 2. The van der Waals surface area contributed by atoms with Crippen LogP contribution in [0.1, 0.15) is 58.4 Å². The van der Waals surface area contributed by atoms with Gasteiger partial charge in [-0.1, -0.05) is 18.6 Å². The minimum atomic E-state index is -0.519. The van der Waals surface area contributed by atoms with Crippen molar-refractivity contribution in [1.82, 2.24) is 10.2 Å². The van der Waals surface area contributed by atoms with Crippen LogP contribution in [0.5, 0.6) is 5.75 Å². The first kappa shape index (κ1) is 20.5. The Bertz CT molecular complexity index is 710. The molecule has 1 heterocycles. The number of nitrogens with zero attached hydrogens (tertiary/aromatic N) is 1. The summed E-state index contributed by atoms with van der Waals surface area (Å²) >= 11 is 0. The van der Waals surface area contributed by atoms with Gasteiger partial charge in [0.25, 0.3) is 0 Å². The molecule has 2 atom stereocenters. The van der Waals surface area contributed by atoms with Gasteiger partial charge in [0.2, 0.25) is 5.91 Å². The third-order valence-corrected chi connectivity index (χ3v) is 5.70. The van der Waals surface area contributed by atoms with Gasteiger partial charge >= 0.3 is 6.09 Å². The zero-order valence-electron chi connectivity index (χ0n) is 17.4. The van der Waals surface area contributed by atoms with E-state index in [1.807, 2.05) is 49.9 Å². The molecule has 1 aliphatic carbocycles. The van der Waals surface area contributed by atoms with E-state index in [1.165, 1.54) is 0 Å². The SMILES string of the molecule is COc1ccc(CN2CC[C@]3(CCC[C@H](NC(=O)OC(C)(C)C)C3)C2=O)cc1. The van der Waals surface area contributed by atoms with Crippen molar-refractivity contribution in [3.05, 3.63) is 29.8 Å². The van der Waals surface area contributed by atoms with E-state index >= 15 is 0 Å². The monoisotopic (exact) mass is 388 g/mol. The Balaban J connectivity index is 1.60. The quantitative estimate of drug-likeness (QED) is 0.850. The summed E-state index contributed by atoms with van der Waals surface area (Å²) in [4.78, 5) is 27.3. The number of methoxy groups -OCH3 is 1. The topological polar surface area (TPSA) is 67.9 Å². The number of nitrogens with one attached hydrogen (secondary N) is 1. The zero-order valence-corrected chi connectivity index (χ0v) is 17.4. The highest BCUT2D eigenvalue weighted by atomic mass is 16.6. The molecule has 1 saturated carbocycles. The van der Waals surface area contributed by atoms with E-state index in [0.29, 0.717) is 13.0 Å². The third kappa shape index (κ3) is 4.78. The largest absolute Gasteiger partial charge is 0.497 e. The summed E-state index contributed by atoms with van der Waals surface area (Å²) in [6, 6.07) is 7.85. The maximum atomic E-state index is 13.2. The van der Waals surface area contributed by atoms with Crippen molar-refractivity contribution in [2.24, 2.45) is 5.41 Å². The fourth-order valence-electron chi connectivity index (χ4n) is 4.38. The van der Waals surface area contributed by atoms with Gasteiger partial charge in [-0.2, -0.15) is 0 Å². The number of hydrogen-bond donors (Lipinski definition) is 1. The van der Waals surface area contributed by atoms with Crippen molar-refractivity contribution < 1.29 is 19.1 Å². The van der Waals surface area contributed by atoms with E-state index < -0.39 is 11.7 Å². The Morgan fingerprint density at radius 3 is 2.61 bits per heavy atom. The van der Waals surface area contributed by atoms with Crippen molar-refractivity contribution in [1.29, 1.82) is 0 Å². The molecule has 0 unspecified atom stereocenters. The second-order valence-electron chi connectivity index (χ2n) is 9.04. The molecule has 1 aromatic rings. The lowest BCUT2D eigenvalue weighted by molar-refractivity contribution is -0.138. The molecule has 2 aliphatic rings. The Morgan fingerprint density at radius 1 is 1.25 bits per heavy atom. The van der Waals surface area contributed by atoms with Crippen molar-refractivity contribution in [2.45, 2.75) is 71.1 Å². The van der Waals surface area contributed by atoms with Crippen molar-refractivity contribution in [3.8, 4) is 5.75 Å². The van der Waals surface area contributed by atoms with Gasteiger partial charge in [0, 0.05) is 19.1 Å². The average Bonchev–Trinajstić information content (AvgIpc) is 2.90. The number of carbonyl (C=O) groups is 2. The molecule has 0 radical (unpaired) electrons. The number of rotatable bonds is 4. The van der Waals surface area contributed by atoms with Crippen LogP contribution in [0.2, 0.25) is 0 Å². The molecule has 1 aromatic carbocycles. The van der Waals surface area contributed by atoms with Gasteiger partial charge in [0.1, 0.15) is 11.4 Å². The van der Waals surface area contributed by atoms with Gasteiger partial charge in [-0.05, 0) is 64.2 Å². The van der Waals surface area contributed by atoms with E-state index in [2.05, 4.69) is 5.32 Å². The van der Waals surface area contributed by atoms with Gasteiger partial charge in [0.15, 0.2) is 0 Å². The number of alkyl carbamates (subject to hydrolysis) is 1. The summed E-state index contributed by atoms with van der Waals surface area (Å²) in [6.45, 7) is 6.95. The summed E-state index contributed by atoms with van der Waals surface area (Å²) in [6.07, 6.45) is 3.90. The standard InChI is InChI=1S/C22H32N2O4/c1-21(2,3)28-20(26)23-17-6-5-11-22(14-17)12-13-24(19(22)25)15-16-7-9-18(27-4)10-8-16/h7-10,17H,5-6,11-15H2,1-4H3,(H,23,26)/t17-,22-/m0/s1. The summed E-state index contributed by atoms with van der Waals surface area (Å²) in [5.41, 5.74) is 0.240. The molecule has 6 heteroatoms. The highest BCUT2D eigenvalue weighted by molar-refractivity contribution is 5.85. The molecule has 2 fully saturated rings. The highest BCUT2D eigenvalue weighted by Crippen LogP contribution is 2.45. The Kier molecular flexibility index (Phi) is 5.87. The third-order valence-electron chi connectivity index (χ3n) is 5.70. The smallest absolute Gasteiger partial charge is 0.407 e. The molecule has 1 saturated heterocycles. The zero-order chi connectivity index (χ0) is 20.4. The number of hydrogen-bond acceptors (Lipinski definition) is 4. The molecule has 28 heavy (non-hydrogen) atoms. The van der Waals surface area contributed by atoms with E-state index in [0.717, 1.165) is 43.5 Å². The lowest BCUT2D eigenvalue weighted by atomic mass is 9.71. The normalized spacial score (nSPS) is 25.1. The van der Waals surface area contributed by atoms with E-state index in [-0.39, 0.29) is 17.4 Å². The number of carbonyl (C=O) groups excluding carboxylic acids is 2. The molecule has 154 valence electrons. The van der Waals surface area contributed by atoms with Crippen LogP contribution < -0.4 is 10.1 Å². The Hall–Kier alpha value is -2.24. The Morgan fingerprint density at radius 2 is 1.96 bits per heavy atom. The molecule has 0 bridgehead atoms. The number of benzene rings is 1. The van der Waals surface area contributed by atoms with Crippen LogP contribution in [0.4, 0.5) is 4.79 Å². The van der Waals surface area contributed by atoms with Crippen LogP contribution in [0, 0.1) is 5.41 Å². The van der Waals surface area contributed by atoms with Gasteiger partial charge in [-0.15, -0.1) is 0 Å². The fraction of sp³-hybridized carbons (Fsp3) is 0.636. The molecule has 1 N–H and O–H groups in total. The summed E-state index contributed by atoms with van der Waals surface area (Å²) in [5, 5.41) is 2.98. The second-order valence-corrected chi connectivity index (χ2v) is 9.04. The van der Waals surface area contributed by atoms with Gasteiger partial charge < -0.3 is 19.7 Å². The lowest BCUT2D eigenvalue weighted by Gasteiger charge is -2.37. The van der Waals surface area contributed by atoms with Gasteiger partial charge in [-0.3, -0.25) is 4.79 Å². The molecule has 1 spiro atoms. The van der Waals surface area contributed by atoms with Crippen LogP contribution in [-0.4, -0.2) is 42.2 Å². The first-order valence-corrected chi connectivity index (χ1v) is 10.1. The first-order chi connectivity index (χ1) is 13.2. The van der Waals surface area contributed by atoms with Crippen LogP contribution in [0.3, 0.4) is 0 Å². The van der Waals surface area contributed by atoms with E-state index in [4.69, 9.17) is 9.47 Å². The maximum Gasteiger partial charge on any atom is 0.407 e. The fourth-order valence-corrected chi connectivity index (χ4v) is 4.38. The van der Waals surface area contributed by atoms with E-state index in [1.54, 1.807) is 7.11 Å². The van der Waals surface area contributed by atoms with Crippen LogP contribution in [0.15, 0.2) is 24.3 Å². The minimum absolute atomic E-state index is 0.00603. The molecule has 3 rings (SSSR count). The molecule has 0 aromatic heterocycles. The molecule has 2 amide bonds. The highest BCUT2D eigenvalue weighted by Gasteiger charge is 2.49. The molecule has 6 nitrogen and oxygen atoms in total. The summed E-state index contributed by atoms with van der Waals surface area (Å²) in [5.74, 6) is 1.04. The minimum Gasteiger partial charge on any atom is -0.497 e. The lowest BCUT2D eigenvalue weighted by Crippen LogP contribution is -2.46. The van der Waals surface area contributed by atoms with Crippen LogP contribution >= 0.6 is 0 Å². The number of ether oxygens (including phenoxy) is 2. The summed E-state index contributed by atoms with van der Waals surface area (Å²) < 4.78 is 10.6. The van der Waals surface area contributed by atoms with Gasteiger partial charge in [0.05, 0.1) is 12.5 Å². The average molecular weight is 389 g/mol. The first-order valence-electron chi connectivity index (χ1n) is 10.1. The van der Waals surface area contributed by atoms with Crippen LogP contribution in [0.25, 0.3) is 0 Å². The predicted molar refractivity (Wildman–Crippen MR) is 107 cm³/mol. The van der Waals surface area contributed by atoms with Crippen molar-refractivity contribution in [2.75, 3.05) is 13.7 Å². The van der Waals surface area contributed by atoms with Gasteiger partial charge in [-0.25, -0.2) is 4.79 Å². The molecular weight excluding hydrogens is 356 g/mol. The summed E-state index contributed by atoms with van der Waals surface area (Å²) in [7, 11) is 1.65. The van der Waals surface area contributed by atoms with Crippen molar-refractivity contribution >= 4 is 12.0 Å². The second kappa shape index (κ2) is 8.02. The molecule has 1 aliphatic heterocycles. The molecular formula is C22H32N2O4. The van der Waals surface area contributed by atoms with E-state index in [9.17, 15) is 9.59 Å². The maximum absolute atomic E-state index is 13.2. The van der Waals surface area contributed by atoms with Crippen LogP contribution in [-0.2, 0) is 16.1 Å². The number of likely N-dealkylation sites (tertiary alicyclic amines) is 1. The predicted octanol–water partition coefficient (Wildman–Crippen LogP) is 3.88. The Labute approximate surface area is 167 Å². The van der Waals surface area contributed by atoms with Crippen molar-refractivity contribution in [3.63, 3.8) is 0 Å².